The van der Waals surface area contributed by atoms with Crippen LogP contribution < -0.4 is 5.32 Å². The van der Waals surface area contributed by atoms with Gasteiger partial charge in [0.05, 0.1) is 6.04 Å². The first kappa shape index (κ1) is 13.9. The number of nitrogens with zero attached hydrogens (tertiary/aromatic N) is 1. The van der Waals surface area contributed by atoms with Gasteiger partial charge < -0.3 is 10.2 Å². The Bertz CT molecular complexity index is 403. The van der Waals surface area contributed by atoms with Crippen LogP contribution in [0.3, 0.4) is 0 Å². The highest BCUT2D eigenvalue weighted by atomic mass is 35.5. The van der Waals surface area contributed by atoms with Crippen LogP contribution in [0.25, 0.3) is 0 Å². The molecule has 3 nitrogen and oxygen atoms in total. The SMILES string of the molecule is Cl.O=CN1CCNCC1c1ccc(F)cc1F. The first-order valence-electron chi connectivity index (χ1n) is 5.09. The lowest BCUT2D eigenvalue weighted by Crippen LogP contribution is -2.45. The molecule has 0 radical (unpaired) electrons. The van der Waals surface area contributed by atoms with Gasteiger partial charge in [-0.2, -0.15) is 0 Å². The molecule has 1 atom stereocenters. The number of benzene rings is 1. The summed E-state index contributed by atoms with van der Waals surface area (Å²) >= 11 is 0. The van der Waals surface area contributed by atoms with E-state index in [1.54, 1.807) is 0 Å². The van der Waals surface area contributed by atoms with Crippen molar-refractivity contribution in [2.75, 3.05) is 19.6 Å². The van der Waals surface area contributed by atoms with Gasteiger partial charge in [-0.1, -0.05) is 6.07 Å². The molecule has 6 heteroatoms. The van der Waals surface area contributed by atoms with Gasteiger partial charge in [0.2, 0.25) is 6.41 Å². The first-order valence-corrected chi connectivity index (χ1v) is 5.09. The van der Waals surface area contributed by atoms with E-state index in [1.165, 1.54) is 17.0 Å². The third kappa shape index (κ3) is 2.92. The summed E-state index contributed by atoms with van der Waals surface area (Å²) in [5.41, 5.74) is 0.348. The molecule has 0 aromatic heterocycles. The molecule has 0 saturated carbocycles. The molecule has 1 fully saturated rings. The van der Waals surface area contributed by atoms with Crippen LogP contribution in [0.5, 0.6) is 0 Å². The number of rotatable bonds is 2. The summed E-state index contributed by atoms with van der Waals surface area (Å²) in [6, 6.07) is 3.08. The van der Waals surface area contributed by atoms with Gasteiger partial charge in [-0.15, -0.1) is 12.4 Å². The van der Waals surface area contributed by atoms with E-state index in [-0.39, 0.29) is 18.4 Å². The normalized spacial score (nSPS) is 19.6. The van der Waals surface area contributed by atoms with Crippen molar-refractivity contribution < 1.29 is 13.6 Å². The fourth-order valence-electron chi connectivity index (χ4n) is 1.91. The van der Waals surface area contributed by atoms with Crippen molar-refractivity contribution in [3.63, 3.8) is 0 Å². The molecule has 1 aromatic rings. The minimum absolute atomic E-state index is 0. The minimum Gasteiger partial charge on any atom is -0.336 e. The number of halogens is 3. The summed E-state index contributed by atoms with van der Waals surface area (Å²) in [6.45, 7) is 1.71. The summed E-state index contributed by atoms with van der Waals surface area (Å²) < 4.78 is 26.3. The second-order valence-electron chi connectivity index (χ2n) is 3.73. The Morgan fingerprint density at radius 1 is 1.41 bits per heavy atom. The molecular weight excluding hydrogens is 250 g/mol. The van der Waals surface area contributed by atoms with Crippen molar-refractivity contribution in [1.29, 1.82) is 0 Å². The van der Waals surface area contributed by atoms with Crippen LogP contribution in [0, 0.1) is 11.6 Å². The van der Waals surface area contributed by atoms with Crippen molar-refractivity contribution >= 4 is 18.8 Å². The Morgan fingerprint density at radius 2 is 2.18 bits per heavy atom. The Hall–Kier alpha value is -1.20. The Morgan fingerprint density at radius 3 is 2.82 bits per heavy atom. The van der Waals surface area contributed by atoms with Gasteiger partial charge >= 0.3 is 0 Å². The van der Waals surface area contributed by atoms with E-state index in [1.807, 2.05) is 0 Å². The van der Waals surface area contributed by atoms with E-state index in [4.69, 9.17) is 0 Å². The first-order chi connectivity index (χ1) is 7.72. The summed E-state index contributed by atoms with van der Waals surface area (Å²) in [5, 5.41) is 3.08. The molecule has 0 bridgehead atoms. The highest BCUT2D eigenvalue weighted by Crippen LogP contribution is 2.23. The van der Waals surface area contributed by atoms with E-state index < -0.39 is 11.6 Å². The van der Waals surface area contributed by atoms with Crippen LogP contribution in [0.2, 0.25) is 0 Å². The van der Waals surface area contributed by atoms with Crippen LogP contribution in [0.4, 0.5) is 8.78 Å². The molecule has 1 amide bonds. The summed E-state index contributed by atoms with van der Waals surface area (Å²) in [5.74, 6) is -1.22. The van der Waals surface area contributed by atoms with Gasteiger partial charge in [-0.05, 0) is 6.07 Å². The Labute approximate surface area is 104 Å². The van der Waals surface area contributed by atoms with Crippen LogP contribution in [-0.2, 0) is 4.79 Å². The van der Waals surface area contributed by atoms with Crippen LogP contribution in [0.15, 0.2) is 18.2 Å². The van der Waals surface area contributed by atoms with Crippen molar-refractivity contribution in [1.82, 2.24) is 10.2 Å². The largest absolute Gasteiger partial charge is 0.336 e. The van der Waals surface area contributed by atoms with Gasteiger partial charge in [-0.3, -0.25) is 4.79 Å². The summed E-state index contributed by atoms with van der Waals surface area (Å²) in [6.07, 6.45) is 0.703. The molecular formula is C11H13ClF2N2O. The van der Waals surface area contributed by atoms with Gasteiger partial charge in [0.25, 0.3) is 0 Å². The maximum absolute atomic E-state index is 13.5. The average Bonchev–Trinajstić information content (AvgIpc) is 2.29. The molecule has 1 heterocycles. The maximum Gasteiger partial charge on any atom is 0.210 e. The van der Waals surface area contributed by atoms with Gasteiger partial charge in [0, 0.05) is 31.3 Å². The average molecular weight is 263 g/mol. The zero-order valence-corrected chi connectivity index (χ0v) is 9.84. The lowest BCUT2D eigenvalue weighted by atomic mass is 10.0. The zero-order valence-electron chi connectivity index (χ0n) is 9.03. The number of amides is 1. The molecule has 1 saturated heterocycles. The molecule has 0 aliphatic carbocycles. The van der Waals surface area contributed by atoms with E-state index in [9.17, 15) is 13.6 Å². The fourth-order valence-corrected chi connectivity index (χ4v) is 1.91. The van der Waals surface area contributed by atoms with Gasteiger partial charge in [-0.25, -0.2) is 8.78 Å². The fraction of sp³-hybridized carbons (Fsp3) is 0.364. The predicted octanol–water partition coefficient (Wildman–Crippen LogP) is 1.49. The topological polar surface area (TPSA) is 32.3 Å². The van der Waals surface area contributed by atoms with Crippen molar-refractivity contribution in [3.05, 3.63) is 35.4 Å². The number of piperazine rings is 1. The van der Waals surface area contributed by atoms with E-state index in [0.717, 1.165) is 6.07 Å². The lowest BCUT2D eigenvalue weighted by molar-refractivity contribution is -0.121. The van der Waals surface area contributed by atoms with E-state index >= 15 is 0 Å². The highest BCUT2D eigenvalue weighted by Gasteiger charge is 2.24. The molecule has 2 rings (SSSR count). The third-order valence-electron chi connectivity index (χ3n) is 2.74. The van der Waals surface area contributed by atoms with E-state index in [0.29, 0.717) is 31.6 Å². The number of carbonyl (C=O) groups is 1. The predicted molar refractivity (Wildman–Crippen MR) is 62.0 cm³/mol. The lowest BCUT2D eigenvalue weighted by Gasteiger charge is -2.33. The number of carbonyl (C=O) groups excluding carboxylic acids is 1. The summed E-state index contributed by atoms with van der Waals surface area (Å²) in [4.78, 5) is 12.3. The Kier molecular flexibility index (Phi) is 4.84. The quantitative estimate of drug-likeness (QED) is 0.819. The number of hydrogen-bond acceptors (Lipinski definition) is 2. The monoisotopic (exact) mass is 262 g/mol. The second-order valence-corrected chi connectivity index (χ2v) is 3.73. The van der Waals surface area contributed by atoms with Crippen molar-refractivity contribution in [2.45, 2.75) is 6.04 Å². The van der Waals surface area contributed by atoms with Crippen LogP contribution in [-0.4, -0.2) is 30.9 Å². The molecule has 1 unspecified atom stereocenters. The molecule has 17 heavy (non-hydrogen) atoms. The molecule has 1 aliphatic heterocycles. The minimum atomic E-state index is -0.611. The molecule has 0 spiro atoms. The smallest absolute Gasteiger partial charge is 0.210 e. The maximum atomic E-state index is 13.5. The van der Waals surface area contributed by atoms with Crippen LogP contribution >= 0.6 is 12.4 Å². The van der Waals surface area contributed by atoms with Gasteiger partial charge in [0.15, 0.2) is 0 Å². The molecule has 94 valence electrons. The Balaban J connectivity index is 0.00000144. The number of hydrogen-bond donors (Lipinski definition) is 1. The molecule has 1 N–H and O–H groups in total. The van der Waals surface area contributed by atoms with Crippen molar-refractivity contribution in [2.24, 2.45) is 0 Å². The molecule has 1 aliphatic rings. The van der Waals surface area contributed by atoms with Crippen molar-refractivity contribution in [3.8, 4) is 0 Å². The molecule has 1 aromatic carbocycles. The highest BCUT2D eigenvalue weighted by molar-refractivity contribution is 5.85. The standard InChI is InChI=1S/C11H12F2N2O.ClH/c12-8-1-2-9(10(13)5-8)11-6-14-3-4-15(11)7-16;/h1-2,5,7,11,14H,3-4,6H2;1H. The third-order valence-corrected chi connectivity index (χ3v) is 2.74. The number of nitrogens with one attached hydrogen (secondary N) is 1. The zero-order chi connectivity index (χ0) is 11.5. The second kappa shape index (κ2) is 5.93. The summed E-state index contributed by atoms with van der Waals surface area (Å²) in [7, 11) is 0. The van der Waals surface area contributed by atoms with Gasteiger partial charge in [0.1, 0.15) is 11.6 Å². The van der Waals surface area contributed by atoms with Crippen LogP contribution in [0.1, 0.15) is 11.6 Å². The van der Waals surface area contributed by atoms with E-state index in [2.05, 4.69) is 5.32 Å².